The minimum Gasteiger partial charge on any atom is -0.463 e. The molecule has 1 aromatic heterocycles. The summed E-state index contributed by atoms with van der Waals surface area (Å²) in [6.07, 6.45) is 1.47. The zero-order chi connectivity index (χ0) is 12.7. The van der Waals surface area contributed by atoms with Gasteiger partial charge in [-0.05, 0) is 31.4 Å². The van der Waals surface area contributed by atoms with Gasteiger partial charge in [0.1, 0.15) is 0 Å². The average molecular weight is 261 g/mol. The first kappa shape index (κ1) is 13.9. The summed E-state index contributed by atoms with van der Waals surface area (Å²) in [5, 5.41) is 11.9. The lowest BCUT2D eigenvalue weighted by atomic mass is 10.2. The number of ether oxygens (including phenoxy) is 1. The number of aliphatic hydroxyl groups excluding tert-OH is 1. The Morgan fingerprint density at radius 3 is 2.82 bits per heavy atom. The Labute approximate surface area is 105 Å². The minimum atomic E-state index is 0.0532. The van der Waals surface area contributed by atoms with Crippen molar-refractivity contribution in [1.29, 1.82) is 0 Å². The predicted octanol–water partition coefficient (Wildman–Crippen LogP) is 1.50. The molecule has 0 fully saturated rings. The maximum absolute atomic E-state index is 8.80. The van der Waals surface area contributed by atoms with Gasteiger partial charge in [0.2, 0.25) is 11.2 Å². The molecular formula is C10H17ClN4O2. The van der Waals surface area contributed by atoms with Gasteiger partial charge < -0.3 is 15.2 Å². The van der Waals surface area contributed by atoms with E-state index in [1.54, 1.807) is 0 Å². The van der Waals surface area contributed by atoms with Crippen LogP contribution in [-0.2, 0) is 0 Å². The molecule has 0 bridgehead atoms. The number of hydrogen-bond donors (Lipinski definition) is 2. The second-order valence-electron chi connectivity index (χ2n) is 3.62. The molecule has 0 aromatic carbocycles. The third-order valence-electron chi connectivity index (χ3n) is 1.96. The van der Waals surface area contributed by atoms with Crippen molar-refractivity contribution in [3.63, 3.8) is 0 Å². The van der Waals surface area contributed by atoms with Gasteiger partial charge >= 0.3 is 6.01 Å². The fourth-order valence-corrected chi connectivity index (χ4v) is 1.29. The second kappa shape index (κ2) is 7.24. The highest BCUT2D eigenvalue weighted by molar-refractivity contribution is 6.28. The van der Waals surface area contributed by atoms with Gasteiger partial charge in [0.05, 0.1) is 6.61 Å². The molecule has 0 amide bonds. The van der Waals surface area contributed by atoms with Crippen LogP contribution in [0.3, 0.4) is 0 Å². The summed E-state index contributed by atoms with van der Waals surface area (Å²) in [4.78, 5) is 11.9. The van der Waals surface area contributed by atoms with Crippen LogP contribution < -0.4 is 10.1 Å². The van der Waals surface area contributed by atoms with Crippen LogP contribution in [0.25, 0.3) is 0 Å². The van der Waals surface area contributed by atoms with Crippen LogP contribution in [0.1, 0.15) is 26.7 Å². The Bertz CT molecular complexity index is 351. The van der Waals surface area contributed by atoms with Crippen molar-refractivity contribution in [3.8, 4) is 6.01 Å². The van der Waals surface area contributed by atoms with Crippen molar-refractivity contribution in [3.05, 3.63) is 5.28 Å². The van der Waals surface area contributed by atoms with Crippen molar-refractivity contribution in [2.24, 2.45) is 0 Å². The molecule has 17 heavy (non-hydrogen) atoms. The first-order valence-electron chi connectivity index (χ1n) is 5.57. The standard InChI is InChI=1S/C10H17ClN4O2/c1-3-6-17-10-14-8(11)13-9(15-10)12-7(2)4-5-16/h7,16H,3-6H2,1-2H3,(H,12,13,14,15). The van der Waals surface area contributed by atoms with E-state index in [1.165, 1.54) is 0 Å². The summed E-state index contributed by atoms with van der Waals surface area (Å²) in [7, 11) is 0. The van der Waals surface area contributed by atoms with Gasteiger partial charge in [-0.25, -0.2) is 0 Å². The summed E-state index contributed by atoms with van der Waals surface area (Å²) in [6, 6.07) is 0.267. The van der Waals surface area contributed by atoms with E-state index in [0.717, 1.165) is 6.42 Å². The normalized spacial score (nSPS) is 12.2. The van der Waals surface area contributed by atoms with E-state index < -0.39 is 0 Å². The number of aromatic nitrogens is 3. The maximum atomic E-state index is 8.80. The highest BCUT2D eigenvalue weighted by Gasteiger charge is 2.08. The molecule has 0 aliphatic rings. The van der Waals surface area contributed by atoms with E-state index in [0.29, 0.717) is 19.0 Å². The molecule has 0 saturated heterocycles. The molecule has 0 aliphatic carbocycles. The number of halogens is 1. The highest BCUT2D eigenvalue weighted by Crippen LogP contribution is 2.12. The fourth-order valence-electron chi connectivity index (χ4n) is 1.14. The van der Waals surface area contributed by atoms with Crippen molar-refractivity contribution in [2.75, 3.05) is 18.5 Å². The Hall–Kier alpha value is -1.14. The van der Waals surface area contributed by atoms with Gasteiger partial charge in [0, 0.05) is 12.6 Å². The van der Waals surface area contributed by atoms with Crippen LogP contribution in [0, 0.1) is 0 Å². The Kier molecular flexibility index (Phi) is 5.93. The molecule has 1 unspecified atom stereocenters. The van der Waals surface area contributed by atoms with Gasteiger partial charge in [-0.3, -0.25) is 0 Å². The quantitative estimate of drug-likeness (QED) is 0.773. The van der Waals surface area contributed by atoms with Gasteiger partial charge in [-0.1, -0.05) is 6.92 Å². The lowest BCUT2D eigenvalue weighted by molar-refractivity contribution is 0.281. The number of anilines is 1. The molecule has 2 N–H and O–H groups in total. The zero-order valence-corrected chi connectivity index (χ0v) is 10.7. The third kappa shape index (κ3) is 5.14. The van der Waals surface area contributed by atoms with Crippen molar-refractivity contribution in [1.82, 2.24) is 15.0 Å². The van der Waals surface area contributed by atoms with E-state index in [2.05, 4.69) is 20.3 Å². The smallest absolute Gasteiger partial charge is 0.322 e. The molecule has 96 valence electrons. The first-order valence-corrected chi connectivity index (χ1v) is 5.95. The van der Waals surface area contributed by atoms with Crippen molar-refractivity contribution in [2.45, 2.75) is 32.7 Å². The SMILES string of the molecule is CCCOc1nc(Cl)nc(NC(C)CCO)n1. The van der Waals surface area contributed by atoms with Gasteiger partial charge in [0.15, 0.2) is 0 Å². The first-order chi connectivity index (χ1) is 8.15. The Morgan fingerprint density at radius 1 is 1.41 bits per heavy atom. The molecule has 0 aliphatic heterocycles. The maximum Gasteiger partial charge on any atom is 0.322 e. The van der Waals surface area contributed by atoms with Gasteiger partial charge in [0.25, 0.3) is 0 Å². The lowest BCUT2D eigenvalue weighted by Crippen LogP contribution is -2.19. The monoisotopic (exact) mass is 260 g/mol. The molecule has 7 heteroatoms. The zero-order valence-electron chi connectivity index (χ0n) is 9.98. The molecule has 0 spiro atoms. The summed E-state index contributed by atoms with van der Waals surface area (Å²) in [5.74, 6) is 0.358. The Morgan fingerprint density at radius 2 is 2.18 bits per heavy atom. The Balaban J connectivity index is 2.67. The number of aliphatic hydroxyl groups is 1. The van der Waals surface area contributed by atoms with Crippen LogP contribution in [0.4, 0.5) is 5.95 Å². The minimum absolute atomic E-state index is 0.0532. The number of nitrogens with zero attached hydrogens (tertiary/aromatic N) is 3. The molecule has 1 aromatic rings. The number of rotatable bonds is 7. The summed E-state index contributed by atoms with van der Waals surface area (Å²) in [6.45, 7) is 4.55. The van der Waals surface area contributed by atoms with Gasteiger partial charge in [-0.15, -0.1) is 0 Å². The van der Waals surface area contributed by atoms with Crippen LogP contribution in [-0.4, -0.2) is 39.3 Å². The number of nitrogens with one attached hydrogen (secondary N) is 1. The predicted molar refractivity (Wildman–Crippen MR) is 65.4 cm³/mol. The van der Waals surface area contributed by atoms with Crippen molar-refractivity contribution < 1.29 is 9.84 Å². The average Bonchev–Trinajstić information content (AvgIpc) is 2.25. The third-order valence-corrected chi connectivity index (χ3v) is 2.13. The van der Waals surface area contributed by atoms with Crippen molar-refractivity contribution >= 4 is 17.5 Å². The van der Waals surface area contributed by atoms with Crippen LogP contribution in [0.5, 0.6) is 6.01 Å². The topological polar surface area (TPSA) is 80.2 Å². The molecule has 1 heterocycles. The van der Waals surface area contributed by atoms with Crippen LogP contribution in [0.2, 0.25) is 5.28 Å². The van der Waals surface area contributed by atoms with Crippen LogP contribution >= 0.6 is 11.6 Å². The molecule has 1 rings (SSSR count). The summed E-state index contributed by atoms with van der Waals surface area (Å²) in [5.41, 5.74) is 0. The number of hydrogen-bond acceptors (Lipinski definition) is 6. The van der Waals surface area contributed by atoms with E-state index in [1.807, 2.05) is 13.8 Å². The van der Waals surface area contributed by atoms with Crippen LogP contribution in [0.15, 0.2) is 0 Å². The summed E-state index contributed by atoms with van der Waals surface area (Å²) < 4.78 is 5.28. The molecule has 1 atom stereocenters. The largest absolute Gasteiger partial charge is 0.463 e. The molecule has 0 saturated carbocycles. The second-order valence-corrected chi connectivity index (χ2v) is 3.95. The lowest BCUT2D eigenvalue weighted by Gasteiger charge is -2.12. The van der Waals surface area contributed by atoms with E-state index in [-0.39, 0.29) is 23.9 Å². The van der Waals surface area contributed by atoms with E-state index >= 15 is 0 Å². The highest BCUT2D eigenvalue weighted by atomic mass is 35.5. The molecule has 0 radical (unpaired) electrons. The fraction of sp³-hybridized carbons (Fsp3) is 0.700. The van der Waals surface area contributed by atoms with E-state index in [4.69, 9.17) is 21.4 Å². The van der Waals surface area contributed by atoms with E-state index in [9.17, 15) is 0 Å². The molecular weight excluding hydrogens is 244 g/mol. The van der Waals surface area contributed by atoms with Gasteiger partial charge in [-0.2, -0.15) is 15.0 Å². The summed E-state index contributed by atoms with van der Waals surface area (Å²) >= 11 is 5.76. The molecule has 6 nitrogen and oxygen atoms in total.